The summed E-state index contributed by atoms with van der Waals surface area (Å²) in [5, 5.41) is 16.1. The van der Waals surface area contributed by atoms with Gasteiger partial charge in [-0.05, 0) is 103 Å². The number of anilines is 2. The zero-order valence-corrected chi connectivity index (χ0v) is 35.2. The fourth-order valence-electron chi connectivity index (χ4n) is 8.12. The molecule has 3 N–H and O–H groups in total. The predicted molar refractivity (Wildman–Crippen MR) is 232 cm³/mol. The number of pyridine rings is 1. The summed E-state index contributed by atoms with van der Waals surface area (Å²) in [7, 11) is 0. The number of nitro benzene ring substituents is 1. The van der Waals surface area contributed by atoms with Crippen LogP contribution in [0.15, 0.2) is 89.6 Å². The van der Waals surface area contributed by atoms with E-state index in [1.165, 1.54) is 17.7 Å². The Morgan fingerprint density at radius 3 is 2.66 bits per heavy atom. The van der Waals surface area contributed by atoms with E-state index in [2.05, 4.69) is 43.7 Å². The van der Waals surface area contributed by atoms with Crippen molar-refractivity contribution in [3.63, 3.8) is 0 Å². The van der Waals surface area contributed by atoms with Gasteiger partial charge in [-0.15, -0.1) is 0 Å². The lowest BCUT2D eigenvalue weighted by molar-refractivity contribution is -0.384. The third-order valence-corrected chi connectivity index (χ3v) is 12.6. The Labute approximate surface area is 360 Å². The van der Waals surface area contributed by atoms with Crippen molar-refractivity contribution < 1.29 is 32.4 Å². The Bertz CT molecular complexity index is 2480. The maximum absolute atomic E-state index is 13.8. The van der Waals surface area contributed by atoms with Gasteiger partial charge in [0.25, 0.3) is 11.6 Å². The molecule has 0 saturated carbocycles. The van der Waals surface area contributed by atoms with Crippen molar-refractivity contribution in [2.75, 3.05) is 56.2 Å². The Kier molecular flexibility index (Phi) is 12.2. The summed E-state index contributed by atoms with van der Waals surface area (Å²) in [4.78, 5) is 37.9. The van der Waals surface area contributed by atoms with E-state index in [0.717, 1.165) is 79.5 Å². The molecule has 1 amide bonds. The lowest BCUT2D eigenvalue weighted by atomic mass is 9.72. The molecule has 0 radical (unpaired) electrons. The largest absolute Gasteiger partial charge is 0.455 e. The van der Waals surface area contributed by atoms with Crippen molar-refractivity contribution in [1.29, 1.82) is 0 Å². The lowest BCUT2D eigenvalue weighted by Gasteiger charge is -2.39. The van der Waals surface area contributed by atoms with Crippen LogP contribution in [0.1, 0.15) is 61.0 Å². The molecule has 12 nitrogen and oxygen atoms in total. The highest BCUT2D eigenvalue weighted by molar-refractivity contribution is 7.98. The van der Waals surface area contributed by atoms with E-state index in [1.807, 2.05) is 24.3 Å². The maximum atomic E-state index is 13.8. The number of piperazine rings is 1. The number of rotatable bonds is 12. The number of alkyl halides is 3. The smallest absolute Gasteiger partial charge is 0.416 e. The standard InChI is InChI=1S/C44H45ClF3N7O5S/c1-43(2)12-9-28(36(23-43)34-6-3-29(20-37(34)45)44(46,47)48)25-53-14-16-54(17-15-53)31-4-7-35(40(21-31)60-32-19-27-10-13-49-41(27)50-24-32)42(56)52-61-33-5-8-38(39(22-33)55(57)58)51-30-11-18-59-26-30/h3-8,10,13,19-22,24,30,51H,9,11-12,14-18,23,25-26H2,1-2H3,(H,49,50)(H,52,56). The first-order valence-corrected chi connectivity index (χ1v) is 21.3. The fourth-order valence-corrected chi connectivity index (χ4v) is 9.04. The third-order valence-electron chi connectivity index (χ3n) is 11.5. The van der Waals surface area contributed by atoms with Crippen LogP contribution in [0.2, 0.25) is 5.02 Å². The van der Waals surface area contributed by atoms with Gasteiger partial charge >= 0.3 is 6.18 Å². The number of fused-ring (bicyclic) bond motifs is 1. The number of benzene rings is 3. The Hall–Kier alpha value is -5.29. The molecule has 320 valence electrons. The number of halogens is 4. The molecule has 61 heavy (non-hydrogen) atoms. The van der Waals surface area contributed by atoms with E-state index in [4.69, 9.17) is 21.1 Å². The van der Waals surface area contributed by atoms with Crippen LogP contribution in [0.25, 0.3) is 16.6 Å². The molecular formula is C44H45ClF3N7O5S. The van der Waals surface area contributed by atoms with Gasteiger partial charge in [-0.1, -0.05) is 37.1 Å². The van der Waals surface area contributed by atoms with Crippen molar-refractivity contribution in [3.8, 4) is 11.5 Å². The number of carbonyl (C=O) groups excluding carboxylic acids is 1. The van der Waals surface area contributed by atoms with E-state index in [1.54, 1.807) is 30.6 Å². The normalized spacial score (nSPS) is 18.4. The number of hydrogen-bond acceptors (Lipinski definition) is 10. The van der Waals surface area contributed by atoms with Gasteiger partial charge < -0.3 is 24.7 Å². The van der Waals surface area contributed by atoms with Crippen LogP contribution in [0, 0.1) is 15.5 Å². The highest BCUT2D eigenvalue weighted by atomic mass is 35.5. The Morgan fingerprint density at radius 1 is 1.10 bits per heavy atom. The van der Waals surface area contributed by atoms with Gasteiger partial charge in [-0.25, -0.2) is 4.98 Å². The number of nitro groups is 1. The predicted octanol–water partition coefficient (Wildman–Crippen LogP) is 10.4. The van der Waals surface area contributed by atoms with Crippen LogP contribution in [0.5, 0.6) is 11.5 Å². The van der Waals surface area contributed by atoms with Crippen molar-refractivity contribution >= 4 is 63.1 Å². The van der Waals surface area contributed by atoms with Crippen LogP contribution >= 0.6 is 23.5 Å². The highest BCUT2D eigenvalue weighted by Gasteiger charge is 2.34. The van der Waals surface area contributed by atoms with E-state index < -0.39 is 22.6 Å². The van der Waals surface area contributed by atoms with E-state index in [0.29, 0.717) is 66.1 Å². The van der Waals surface area contributed by atoms with Gasteiger partial charge in [-0.2, -0.15) is 13.2 Å². The van der Waals surface area contributed by atoms with E-state index in [9.17, 15) is 28.1 Å². The minimum Gasteiger partial charge on any atom is -0.455 e. The number of nitrogens with zero attached hydrogens (tertiary/aromatic N) is 4. The molecule has 0 spiro atoms. The van der Waals surface area contributed by atoms with E-state index in [-0.39, 0.29) is 27.7 Å². The van der Waals surface area contributed by atoms with E-state index >= 15 is 0 Å². The minimum atomic E-state index is -4.47. The van der Waals surface area contributed by atoms with Crippen LogP contribution in [-0.4, -0.2) is 77.7 Å². The van der Waals surface area contributed by atoms with Gasteiger partial charge in [-0.3, -0.25) is 24.5 Å². The monoisotopic (exact) mass is 875 g/mol. The van der Waals surface area contributed by atoms with Gasteiger partial charge in [0.15, 0.2) is 0 Å². The van der Waals surface area contributed by atoms with Crippen LogP contribution in [0.3, 0.4) is 0 Å². The number of amides is 1. The Balaban J connectivity index is 0.986. The number of nitrogens with one attached hydrogen (secondary N) is 3. The highest BCUT2D eigenvalue weighted by Crippen LogP contribution is 2.46. The molecule has 2 aliphatic heterocycles. The topological polar surface area (TPSA) is 138 Å². The maximum Gasteiger partial charge on any atom is 0.416 e. The first-order valence-electron chi connectivity index (χ1n) is 20.1. The summed E-state index contributed by atoms with van der Waals surface area (Å²) >= 11 is 7.51. The number of carbonyl (C=O) groups is 1. The molecule has 1 aliphatic carbocycles. The molecule has 3 aromatic carbocycles. The second kappa shape index (κ2) is 17.6. The summed E-state index contributed by atoms with van der Waals surface area (Å²) in [5.41, 5.74) is 4.23. The minimum absolute atomic E-state index is 0.0106. The second-order valence-electron chi connectivity index (χ2n) is 16.4. The van der Waals surface area contributed by atoms with Gasteiger partial charge in [0, 0.05) is 78.7 Å². The SMILES string of the molecule is CC1(C)CCC(CN2CCN(c3ccc(C(=O)NSc4ccc(NC5CCOC5)c([N+](=O)[O-])c4)c(Oc4cnc5[nH]ccc5c4)c3)CC2)=C(c2ccc(C(F)(F)F)cc2Cl)C1. The van der Waals surface area contributed by atoms with Gasteiger partial charge in [0.2, 0.25) is 0 Å². The molecule has 1 unspecified atom stereocenters. The molecule has 2 aromatic heterocycles. The van der Waals surface area contributed by atoms with Gasteiger partial charge in [0.05, 0.1) is 34.9 Å². The number of hydrogen-bond donors (Lipinski definition) is 3. The summed E-state index contributed by atoms with van der Waals surface area (Å²) in [6, 6.07) is 17.6. The average Bonchev–Trinajstić information content (AvgIpc) is 3.93. The van der Waals surface area contributed by atoms with Crippen molar-refractivity contribution in [3.05, 3.63) is 117 Å². The summed E-state index contributed by atoms with van der Waals surface area (Å²) in [5.74, 6) is 0.301. The number of ether oxygens (including phenoxy) is 2. The Morgan fingerprint density at radius 2 is 1.92 bits per heavy atom. The third kappa shape index (κ3) is 9.93. The molecule has 1 atom stereocenters. The van der Waals surface area contributed by atoms with Crippen LogP contribution < -0.4 is 19.7 Å². The fraction of sp³-hybridized carbons (Fsp3) is 0.364. The molecule has 2 fully saturated rings. The first-order chi connectivity index (χ1) is 29.2. The molecule has 5 aromatic rings. The van der Waals surface area contributed by atoms with Crippen molar-refractivity contribution in [2.45, 2.75) is 56.6 Å². The van der Waals surface area contributed by atoms with Crippen LogP contribution in [0.4, 0.5) is 30.2 Å². The first kappa shape index (κ1) is 42.4. The summed E-state index contributed by atoms with van der Waals surface area (Å²) in [6.45, 7) is 8.96. The molecule has 4 heterocycles. The number of aromatic nitrogens is 2. The molecule has 3 aliphatic rings. The summed E-state index contributed by atoms with van der Waals surface area (Å²) < 4.78 is 55.0. The number of allylic oxidation sites excluding steroid dienone is 1. The molecule has 2 saturated heterocycles. The van der Waals surface area contributed by atoms with Gasteiger partial charge in [0.1, 0.15) is 22.8 Å². The molecular weight excluding hydrogens is 831 g/mol. The lowest BCUT2D eigenvalue weighted by Crippen LogP contribution is -2.47. The zero-order chi connectivity index (χ0) is 42.9. The van der Waals surface area contributed by atoms with Crippen LogP contribution in [-0.2, 0) is 10.9 Å². The average molecular weight is 876 g/mol. The number of aromatic amines is 1. The summed E-state index contributed by atoms with van der Waals surface area (Å²) in [6.07, 6.45) is 2.18. The van der Waals surface area contributed by atoms with Crippen molar-refractivity contribution in [1.82, 2.24) is 19.6 Å². The number of H-pyrrole nitrogens is 1. The second-order valence-corrected chi connectivity index (χ2v) is 17.7. The van der Waals surface area contributed by atoms with Crippen molar-refractivity contribution in [2.24, 2.45) is 5.41 Å². The molecule has 8 rings (SSSR count). The zero-order valence-electron chi connectivity index (χ0n) is 33.6. The molecule has 0 bridgehead atoms. The molecule has 17 heteroatoms. The quantitative estimate of drug-likeness (QED) is 0.0631.